The molecule has 3 rings (SSSR count). The van der Waals surface area contributed by atoms with Gasteiger partial charge in [0.05, 0.1) is 21.1 Å². The summed E-state index contributed by atoms with van der Waals surface area (Å²) in [6.07, 6.45) is 0. The quantitative estimate of drug-likeness (QED) is 0.667. The Morgan fingerprint density at radius 3 is 2.70 bits per heavy atom. The summed E-state index contributed by atoms with van der Waals surface area (Å²) in [6, 6.07) is 6.47. The fraction of sp³-hybridized carbons (Fsp3) is 0.0714. The Hall–Kier alpha value is -2.47. The fourth-order valence-corrected chi connectivity index (χ4v) is 3.11. The molecule has 1 aliphatic heterocycles. The number of aryl methyl sites for hydroxylation is 1. The topological polar surface area (TPSA) is 87.2 Å². The molecule has 20 heavy (non-hydrogen) atoms. The Labute approximate surface area is 115 Å². The van der Waals surface area contributed by atoms with Gasteiger partial charge >= 0.3 is 5.97 Å². The highest BCUT2D eigenvalue weighted by molar-refractivity contribution is 7.16. The van der Waals surface area contributed by atoms with Gasteiger partial charge in [0, 0.05) is 6.07 Å². The molecule has 0 radical (unpaired) electrons. The van der Waals surface area contributed by atoms with Crippen molar-refractivity contribution in [3.05, 3.63) is 65.7 Å². The van der Waals surface area contributed by atoms with Gasteiger partial charge in [0.1, 0.15) is 4.53 Å². The number of aromatic nitrogens is 1. The van der Waals surface area contributed by atoms with Gasteiger partial charge in [-0.1, -0.05) is 6.07 Å². The minimum Gasteiger partial charge on any atom is -0.478 e. The molecule has 0 fully saturated rings. The lowest BCUT2D eigenvalue weighted by molar-refractivity contribution is 0.0695. The molecular weight excluding hydrogens is 278 g/mol. The molecule has 1 aromatic rings. The van der Waals surface area contributed by atoms with E-state index in [1.165, 1.54) is 0 Å². The Bertz CT molecular complexity index is 1030. The number of benzene rings is 1. The van der Waals surface area contributed by atoms with Crippen molar-refractivity contribution in [3.8, 4) is 0 Å². The predicted octanol–water partition coefficient (Wildman–Crippen LogP) is 1.68. The zero-order chi connectivity index (χ0) is 14.4. The molecular formula is C14H9NO4S. The lowest BCUT2D eigenvalue weighted by atomic mass is 10.2. The van der Waals surface area contributed by atoms with E-state index in [9.17, 15) is 14.4 Å². The second kappa shape index (κ2) is 4.28. The van der Waals surface area contributed by atoms with Gasteiger partial charge in [-0.15, -0.1) is 11.3 Å². The molecule has 1 heterocycles. The molecule has 0 unspecified atom stereocenters. The summed E-state index contributed by atoms with van der Waals surface area (Å²) in [5.41, 5.74) is 0.104. The number of aromatic amines is 1. The molecule has 0 spiro atoms. The van der Waals surface area contributed by atoms with Gasteiger partial charge in [-0.25, -0.2) is 4.79 Å². The summed E-state index contributed by atoms with van der Waals surface area (Å²) in [4.78, 5) is 37.6. The van der Waals surface area contributed by atoms with Crippen LogP contribution in [0.2, 0.25) is 0 Å². The Morgan fingerprint density at radius 2 is 2.00 bits per heavy atom. The third kappa shape index (κ3) is 1.81. The normalized spacial score (nSPS) is 11.1. The van der Waals surface area contributed by atoms with Crippen LogP contribution in [0.15, 0.2) is 33.9 Å². The van der Waals surface area contributed by atoms with Crippen LogP contribution in [0.3, 0.4) is 0 Å². The summed E-state index contributed by atoms with van der Waals surface area (Å²) < 4.78 is 0.938. The maximum absolute atomic E-state index is 11.9. The summed E-state index contributed by atoms with van der Waals surface area (Å²) >= 11 is 1.13. The number of carboxylic acid groups (broad SMARTS) is 1. The minimum absolute atomic E-state index is 0.145. The smallest absolute Gasteiger partial charge is 0.338 e. The van der Waals surface area contributed by atoms with Crippen molar-refractivity contribution >= 4 is 27.5 Å². The number of hydrogen-bond acceptors (Lipinski definition) is 4. The van der Waals surface area contributed by atoms with E-state index in [0.29, 0.717) is 0 Å². The number of nitrogens with one attached hydrogen (secondary N) is 1. The van der Waals surface area contributed by atoms with Gasteiger partial charge in [0.25, 0.3) is 0 Å². The van der Waals surface area contributed by atoms with Gasteiger partial charge < -0.3 is 10.1 Å². The molecule has 0 saturated heterocycles. The third-order valence-corrected chi connectivity index (χ3v) is 4.21. The van der Waals surface area contributed by atoms with Gasteiger partial charge in [-0.2, -0.15) is 0 Å². The summed E-state index contributed by atoms with van der Waals surface area (Å²) in [7, 11) is 0. The Morgan fingerprint density at radius 1 is 1.25 bits per heavy atom. The average molecular weight is 287 g/mol. The zero-order valence-electron chi connectivity index (χ0n) is 10.4. The second-order valence-corrected chi connectivity index (χ2v) is 5.54. The Balaban J connectivity index is 2.67. The fourth-order valence-electron chi connectivity index (χ4n) is 2.08. The summed E-state index contributed by atoms with van der Waals surface area (Å²) in [6.45, 7) is 1.92. The number of hydrogen-bond donors (Lipinski definition) is 2. The number of carboxylic acids is 1. The molecule has 5 nitrogen and oxygen atoms in total. The van der Waals surface area contributed by atoms with E-state index >= 15 is 0 Å². The molecule has 1 aliphatic carbocycles. The summed E-state index contributed by atoms with van der Waals surface area (Å²) in [5, 5.41) is 9.37. The van der Waals surface area contributed by atoms with Crippen molar-refractivity contribution in [1.29, 1.82) is 0 Å². The molecule has 0 amide bonds. The number of rotatable bonds is 1. The number of aromatic carboxylic acids is 1. The molecule has 0 bridgehead atoms. The van der Waals surface area contributed by atoms with Crippen molar-refractivity contribution in [1.82, 2.24) is 4.98 Å². The average Bonchev–Trinajstić information content (AvgIpc) is 2.41. The van der Waals surface area contributed by atoms with E-state index in [4.69, 9.17) is 5.11 Å². The maximum Gasteiger partial charge on any atom is 0.338 e. The second-order valence-electron chi connectivity index (χ2n) is 4.49. The molecule has 6 heteroatoms. The van der Waals surface area contributed by atoms with Crippen LogP contribution in [-0.4, -0.2) is 16.1 Å². The van der Waals surface area contributed by atoms with Crippen molar-refractivity contribution < 1.29 is 9.90 Å². The molecule has 100 valence electrons. The van der Waals surface area contributed by atoms with Crippen LogP contribution < -0.4 is 10.9 Å². The first kappa shape index (κ1) is 12.6. The predicted molar refractivity (Wildman–Crippen MR) is 75.7 cm³/mol. The molecule has 2 aliphatic rings. The third-order valence-electron chi connectivity index (χ3n) is 3.04. The van der Waals surface area contributed by atoms with Crippen LogP contribution in [0, 0.1) is 16.8 Å². The van der Waals surface area contributed by atoms with Crippen molar-refractivity contribution in [3.63, 3.8) is 0 Å². The van der Waals surface area contributed by atoms with Crippen LogP contribution in [-0.2, 0) is 0 Å². The van der Waals surface area contributed by atoms with Crippen LogP contribution in [0.5, 0.6) is 0 Å². The highest BCUT2D eigenvalue weighted by Crippen LogP contribution is 2.19. The molecule has 0 saturated carbocycles. The summed E-state index contributed by atoms with van der Waals surface area (Å²) in [5.74, 6) is -1.23. The standard InChI is InChI=1S/C14H9NO4S/c1-6-2-3-10-8(4-6)15-11-7(14(18)19)5-9(16)12(17)13(11)20-10/h2-5,15H,1H3,(H,18,19). The van der Waals surface area contributed by atoms with Crippen LogP contribution >= 0.6 is 11.3 Å². The van der Waals surface area contributed by atoms with Crippen molar-refractivity contribution in [2.75, 3.05) is 0 Å². The molecule has 1 aromatic carbocycles. The van der Waals surface area contributed by atoms with E-state index in [2.05, 4.69) is 4.98 Å². The van der Waals surface area contributed by atoms with Crippen molar-refractivity contribution in [2.24, 2.45) is 0 Å². The highest BCUT2D eigenvalue weighted by atomic mass is 32.1. The Kier molecular flexibility index (Phi) is 2.69. The maximum atomic E-state index is 11.9. The van der Waals surface area contributed by atoms with Gasteiger partial charge in [0.2, 0.25) is 10.9 Å². The number of fused-ring (bicyclic) bond motifs is 1. The van der Waals surface area contributed by atoms with E-state index in [1.807, 2.05) is 25.1 Å². The van der Waals surface area contributed by atoms with Crippen LogP contribution in [0.1, 0.15) is 15.9 Å². The SMILES string of the molecule is Cc1ccc2sc3c(=O)c(=O)cc(C(=O)O)c=3[nH]c2c1. The van der Waals surface area contributed by atoms with Gasteiger partial charge in [-0.05, 0) is 24.6 Å². The van der Waals surface area contributed by atoms with Crippen LogP contribution in [0.25, 0.3) is 10.2 Å². The first-order valence-corrected chi connectivity index (χ1v) is 6.63. The zero-order valence-corrected chi connectivity index (χ0v) is 11.2. The number of carbonyl (C=O) groups is 1. The van der Waals surface area contributed by atoms with E-state index < -0.39 is 16.8 Å². The van der Waals surface area contributed by atoms with Crippen molar-refractivity contribution in [2.45, 2.75) is 6.92 Å². The van der Waals surface area contributed by atoms with Crippen LogP contribution in [0.4, 0.5) is 0 Å². The molecule has 2 N–H and O–H groups in total. The lowest BCUT2D eigenvalue weighted by Gasteiger charge is -2.03. The first-order valence-electron chi connectivity index (χ1n) is 5.81. The van der Waals surface area contributed by atoms with E-state index in [0.717, 1.165) is 33.2 Å². The minimum atomic E-state index is -1.23. The molecule has 0 atom stereocenters. The van der Waals surface area contributed by atoms with Gasteiger partial charge in [0.15, 0.2) is 0 Å². The highest BCUT2D eigenvalue weighted by Gasteiger charge is 2.13. The van der Waals surface area contributed by atoms with E-state index in [1.54, 1.807) is 0 Å². The first-order chi connectivity index (χ1) is 9.47. The lowest BCUT2D eigenvalue weighted by Crippen LogP contribution is -2.26. The largest absolute Gasteiger partial charge is 0.478 e. The van der Waals surface area contributed by atoms with E-state index in [-0.39, 0.29) is 15.4 Å². The van der Waals surface area contributed by atoms with Gasteiger partial charge in [-0.3, -0.25) is 9.59 Å². The molecule has 0 aromatic heterocycles. The monoisotopic (exact) mass is 287 g/mol. The number of H-pyrrole nitrogens is 1.